The van der Waals surface area contributed by atoms with E-state index in [0.717, 1.165) is 0 Å². The molecule has 0 aliphatic rings. The Bertz CT molecular complexity index is 32.6. The lowest BCUT2D eigenvalue weighted by molar-refractivity contribution is 0.518. The van der Waals surface area contributed by atoms with Crippen LogP contribution in [0.25, 0.3) is 0 Å². The average Bonchev–Trinajstić information content (AvgIpc) is 0.811. The molecule has 34 valence electrons. The second kappa shape index (κ2) is 4.44. The summed E-state index contributed by atoms with van der Waals surface area (Å²) in [7, 11) is -2.66. The van der Waals surface area contributed by atoms with Crippen molar-refractivity contribution in [3.63, 3.8) is 0 Å². The summed E-state index contributed by atoms with van der Waals surface area (Å²) < 4.78 is 8.95. The summed E-state index contributed by atoms with van der Waals surface area (Å²) in [6.07, 6.45) is 0. The lowest BCUT2D eigenvalue weighted by Crippen LogP contribution is -1.21. The number of halogens is 1. The fourth-order valence-corrected chi connectivity index (χ4v) is 0. The van der Waals surface area contributed by atoms with E-state index in [-0.39, 0.29) is 6.15 Å². The van der Waals surface area contributed by atoms with Crippen LogP contribution in [0.5, 0.6) is 0 Å². The molecule has 3 nitrogen and oxygen atoms in total. The Morgan fingerprint density at radius 2 is 1.80 bits per heavy atom. The maximum Gasteiger partial charge on any atom is 0.276 e. The van der Waals surface area contributed by atoms with Gasteiger partial charge < -0.3 is 11.0 Å². The Hall–Kier alpha value is 0.440. The van der Waals surface area contributed by atoms with E-state index in [0.29, 0.717) is 0 Å². The molecule has 0 radical (unpaired) electrons. The van der Waals surface area contributed by atoms with E-state index in [2.05, 4.69) is 11.2 Å². The van der Waals surface area contributed by atoms with Crippen molar-refractivity contribution in [1.82, 2.24) is 6.15 Å². The Kier molecular flexibility index (Phi) is 8.05. The van der Waals surface area contributed by atoms with Crippen molar-refractivity contribution in [1.29, 1.82) is 0 Å². The van der Waals surface area contributed by atoms with Crippen LogP contribution in [-0.4, -0.2) is 4.89 Å². The summed E-state index contributed by atoms with van der Waals surface area (Å²) in [5, 5.41) is 0. The third-order valence-electron chi connectivity index (χ3n) is 0. The van der Waals surface area contributed by atoms with Gasteiger partial charge in [0.15, 0.2) is 0 Å². The molecule has 0 bridgehead atoms. The first-order valence-electron chi connectivity index (χ1n) is 0.617. The minimum Gasteiger partial charge on any atom is -0.344 e. The van der Waals surface area contributed by atoms with Crippen LogP contribution in [0.2, 0.25) is 0 Å². The summed E-state index contributed by atoms with van der Waals surface area (Å²) in [6, 6.07) is 0. The zero-order valence-electron chi connectivity index (χ0n) is 2.44. The Balaban J connectivity index is 0. The van der Waals surface area contributed by atoms with Gasteiger partial charge in [-0.2, -0.15) is 0 Å². The summed E-state index contributed by atoms with van der Waals surface area (Å²) >= 11 is 4.38. The van der Waals surface area contributed by atoms with Crippen molar-refractivity contribution in [2.24, 2.45) is 0 Å². The molecular weight excluding hydrogens is 112 g/mol. The van der Waals surface area contributed by atoms with Gasteiger partial charge in [-0.05, 0) is 11.2 Å². The molecule has 0 aromatic carbocycles. The van der Waals surface area contributed by atoms with Crippen LogP contribution in [0.3, 0.4) is 0 Å². The first-order chi connectivity index (χ1) is 1.73. The monoisotopic (exact) mass is 117 g/mol. The van der Waals surface area contributed by atoms with Crippen LogP contribution in [0.1, 0.15) is 0 Å². The van der Waals surface area contributed by atoms with E-state index in [1.54, 1.807) is 0 Å². The molecule has 1 atom stereocenters. The second-order valence-corrected chi connectivity index (χ2v) is 1.73. The van der Waals surface area contributed by atoms with Gasteiger partial charge in [-0.25, -0.2) is 0 Å². The minimum absolute atomic E-state index is 0. The summed E-state index contributed by atoms with van der Waals surface area (Å²) in [5.41, 5.74) is 0. The molecular formula is H5ClNO2P. The summed E-state index contributed by atoms with van der Waals surface area (Å²) in [6.45, 7) is 0. The molecule has 0 aromatic rings. The molecule has 0 saturated carbocycles. The van der Waals surface area contributed by atoms with Crippen LogP contribution in [0.4, 0.5) is 0 Å². The lowest BCUT2D eigenvalue weighted by atomic mass is 14.0. The van der Waals surface area contributed by atoms with Crippen LogP contribution < -0.4 is 6.15 Å². The van der Waals surface area contributed by atoms with Gasteiger partial charge in [0.2, 0.25) is 0 Å². The number of rotatable bonds is 0. The fraction of sp³-hybridized carbons (Fsp3) is 0. The summed E-state index contributed by atoms with van der Waals surface area (Å²) in [4.78, 5) is 7.37. The molecule has 0 aliphatic carbocycles. The van der Waals surface area contributed by atoms with Crippen molar-refractivity contribution in [2.75, 3.05) is 0 Å². The highest BCUT2D eigenvalue weighted by molar-refractivity contribution is 7.68. The van der Waals surface area contributed by atoms with Gasteiger partial charge in [0.25, 0.3) is 7.38 Å². The van der Waals surface area contributed by atoms with Gasteiger partial charge in [-0.1, -0.05) is 0 Å². The third-order valence-corrected chi connectivity index (χ3v) is 0. The van der Waals surface area contributed by atoms with E-state index in [1.165, 1.54) is 0 Å². The number of hydrogen-bond donors (Lipinski definition) is 2. The van der Waals surface area contributed by atoms with Gasteiger partial charge in [-0.15, -0.1) is 0 Å². The maximum atomic E-state index is 8.95. The van der Waals surface area contributed by atoms with Crippen molar-refractivity contribution in [3.05, 3.63) is 0 Å². The molecule has 4 N–H and O–H groups in total. The lowest BCUT2D eigenvalue weighted by Gasteiger charge is -1.57. The molecule has 5 heavy (non-hydrogen) atoms. The van der Waals surface area contributed by atoms with Crippen LogP contribution in [0.15, 0.2) is 0 Å². The predicted octanol–water partition coefficient (Wildman–Crippen LogP) is 0.769. The maximum absolute atomic E-state index is 8.95. The quantitative estimate of drug-likeness (QED) is 0.460. The Morgan fingerprint density at radius 3 is 1.80 bits per heavy atom. The van der Waals surface area contributed by atoms with E-state index in [9.17, 15) is 0 Å². The Labute approximate surface area is 35.2 Å². The van der Waals surface area contributed by atoms with Gasteiger partial charge >= 0.3 is 0 Å². The molecule has 1 unspecified atom stereocenters. The molecule has 0 rings (SSSR count). The molecule has 0 fully saturated rings. The molecule has 0 saturated heterocycles. The highest BCUT2D eigenvalue weighted by Crippen LogP contribution is 2.17. The van der Waals surface area contributed by atoms with Crippen LogP contribution in [-0.2, 0) is 4.57 Å². The predicted molar refractivity (Wildman–Crippen MR) is 22.1 cm³/mol. The van der Waals surface area contributed by atoms with Gasteiger partial charge in [0, 0.05) is 0 Å². The van der Waals surface area contributed by atoms with Gasteiger partial charge in [0.1, 0.15) is 0 Å². The third kappa shape index (κ3) is 137. The van der Waals surface area contributed by atoms with E-state index in [1.807, 2.05) is 0 Å². The normalized spacial score (nSPS) is 12.4. The molecule has 5 heteroatoms. The van der Waals surface area contributed by atoms with Gasteiger partial charge in [0.05, 0.1) is 0 Å². The molecule has 0 amide bonds. The van der Waals surface area contributed by atoms with Crippen LogP contribution in [0, 0.1) is 0 Å². The smallest absolute Gasteiger partial charge is 0.276 e. The highest BCUT2D eigenvalue weighted by atomic mass is 35.7. The summed E-state index contributed by atoms with van der Waals surface area (Å²) in [5.74, 6) is 0. The topological polar surface area (TPSA) is 72.3 Å². The van der Waals surface area contributed by atoms with Crippen molar-refractivity contribution < 1.29 is 9.46 Å². The fourth-order valence-electron chi connectivity index (χ4n) is 0. The number of hydrogen-bond acceptors (Lipinski definition) is 2. The van der Waals surface area contributed by atoms with E-state index in [4.69, 9.17) is 9.46 Å². The molecule has 0 aliphatic heterocycles. The minimum atomic E-state index is -2.66. The first kappa shape index (κ1) is 9.06. The van der Waals surface area contributed by atoms with Crippen molar-refractivity contribution in [3.8, 4) is 0 Å². The van der Waals surface area contributed by atoms with Crippen LogP contribution >= 0.6 is 18.6 Å². The van der Waals surface area contributed by atoms with Crippen molar-refractivity contribution in [2.45, 2.75) is 0 Å². The largest absolute Gasteiger partial charge is 0.344 e. The van der Waals surface area contributed by atoms with E-state index < -0.39 is 7.38 Å². The highest BCUT2D eigenvalue weighted by Gasteiger charge is 1.64. The zero-order valence-corrected chi connectivity index (χ0v) is 4.20. The molecule has 0 spiro atoms. The SMILES string of the molecule is N.O=[PH](O)Cl. The van der Waals surface area contributed by atoms with Crippen molar-refractivity contribution >= 4 is 18.6 Å². The molecule has 0 heterocycles. The van der Waals surface area contributed by atoms with Gasteiger partial charge in [-0.3, -0.25) is 4.57 Å². The first-order valence-corrected chi connectivity index (χ1v) is 2.98. The molecule has 0 aromatic heterocycles. The second-order valence-electron chi connectivity index (χ2n) is 0.253. The standard InChI is InChI=1S/ClH2O2P.H3N/c1-4(2)3;/h4H,(H,2,3);1H3. The van der Waals surface area contributed by atoms with E-state index >= 15 is 0 Å². The average molecular weight is 117 g/mol. The zero-order chi connectivity index (χ0) is 3.58. The Morgan fingerprint density at radius 1 is 1.80 bits per heavy atom.